The number of hydrogen-bond acceptors (Lipinski definition) is 3. The molecular weight excluding hydrogens is 212 g/mol. The first-order valence-corrected chi connectivity index (χ1v) is 5.81. The topological polar surface area (TPSA) is 56.7 Å². The van der Waals surface area contributed by atoms with Crippen LogP contribution in [0.1, 0.15) is 29.3 Å². The van der Waals surface area contributed by atoms with Crippen molar-refractivity contribution in [3.05, 3.63) is 47.5 Å². The first-order chi connectivity index (χ1) is 8.16. The molecule has 0 aliphatic carbocycles. The molecule has 2 aromatic heterocycles. The Morgan fingerprint density at radius 2 is 2.29 bits per heavy atom. The Bertz CT molecular complexity index is 490. The largest absolute Gasteiger partial charge is 0.324 e. The lowest BCUT2D eigenvalue weighted by Gasteiger charge is -2.13. The Hall–Kier alpha value is -1.68. The van der Waals surface area contributed by atoms with Crippen molar-refractivity contribution in [2.45, 2.75) is 25.8 Å². The highest BCUT2D eigenvalue weighted by atomic mass is 15.2. The maximum atomic E-state index is 6.18. The van der Waals surface area contributed by atoms with E-state index in [9.17, 15) is 0 Å². The summed E-state index contributed by atoms with van der Waals surface area (Å²) in [4.78, 5) is 4.26. The molecule has 2 aromatic rings. The number of pyridine rings is 1. The van der Waals surface area contributed by atoms with Crippen molar-refractivity contribution in [1.82, 2.24) is 14.8 Å². The van der Waals surface area contributed by atoms with Gasteiger partial charge < -0.3 is 5.73 Å². The minimum atomic E-state index is 0.0453. The molecule has 0 bridgehead atoms. The predicted octanol–water partition coefficient (Wildman–Crippen LogP) is 1.76. The highest BCUT2D eigenvalue weighted by molar-refractivity contribution is 5.22. The van der Waals surface area contributed by atoms with Gasteiger partial charge in [0.1, 0.15) is 0 Å². The molecule has 1 atom stereocenters. The molecule has 0 saturated carbocycles. The first kappa shape index (κ1) is 11.8. The summed E-state index contributed by atoms with van der Waals surface area (Å²) in [5.74, 6) is 0. The van der Waals surface area contributed by atoms with E-state index in [0.29, 0.717) is 0 Å². The zero-order valence-electron chi connectivity index (χ0n) is 10.3. The molecule has 4 heteroatoms. The fraction of sp³-hybridized carbons (Fsp3) is 0.385. The molecule has 0 radical (unpaired) electrons. The van der Waals surface area contributed by atoms with Gasteiger partial charge in [-0.1, -0.05) is 6.07 Å². The van der Waals surface area contributed by atoms with Gasteiger partial charge in [0.05, 0.1) is 6.20 Å². The first-order valence-electron chi connectivity index (χ1n) is 5.81. The maximum Gasteiger partial charge on any atom is 0.0521 e. The average molecular weight is 230 g/mol. The molecule has 2 N–H and O–H groups in total. The molecule has 0 spiro atoms. The van der Waals surface area contributed by atoms with Gasteiger partial charge in [-0.2, -0.15) is 5.10 Å². The van der Waals surface area contributed by atoms with Crippen molar-refractivity contribution in [2.24, 2.45) is 12.8 Å². The summed E-state index contributed by atoms with van der Waals surface area (Å²) in [5, 5.41) is 4.15. The lowest BCUT2D eigenvalue weighted by atomic mass is 10.0. The van der Waals surface area contributed by atoms with E-state index >= 15 is 0 Å². The van der Waals surface area contributed by atoms with Crippen LogP contribution in [0.15, 0.2) is 30.7 Å². The van der Waals surface area contributed by atoms with Crippen LogP contribution in [0.3, 0.4) is 0 Å². The van der Waals surface area contributed by atoms with Gasteiger partial charge in [-0.05, 0) is 37.0 Å². The molecule has 2 heterocycles. The van der Waals surface area contributed by atoms with E-state index in [2.05, 4.69) is 16.1 Å². The smallest absolute Gasteiger partial charge is 0.0521 e. The molecule has 0 aliphatic rings. The van der Waals surface area contributed by atoms with Gasteiger partial charge in [0.25, 0.3) is 0 Å². The van der Waals surface area contributed by atoms with E-state index in [1.807, 2.05) is 37.1 Å². The lowest BCUT2D eigenvalue weighted by Crippen LogP contribution is -2.13. The number of hydrogen-bond donors (Lipinski definition) is 1. The highest BCUT2D eigenvalue weighted by Crippen LogP contribution is 2.18. The Balaban J connectivity index is 1.98. The quantitative estimate of drug-likeness (QED) is 0.870. The van der Waals surface area contributed by atoms with Gasteiger partial charge >= 0.3 is 0 Å². The monoisotopic (exact) mass is 230 g/mol. The molecule has 0 amide bonds. The molecule has 0 aliphatic heterocycles. The number of nitrogens with zero attached hydrogens (tertiary/aromatic N) is 3. The summed E-state index contributed by atoms with van der Waals surface area (Å²) < 4.78 is 1.82. The normalized spacial score (nSPS) is 12.6. The second kappa shape index (κ2) is 5.10. The molecular formula is C13H18N4. The Labute approximate surface area is 101 Å². The molecule has 0 saturated heterocycles. The summed E-state index contributed by atoms with van der Waals surface area (Å²) in [6, 6.07) is 4.03. The van der Waals surface area contributed by atoms with Crippen LogP contribution in [0.5, 0.6) is 0 Å². The summed E-state index contributed by atoms with van der Waals surface area (Å²) in [6.07, 6.45) is 7.58. The summed E-state index contributed by atoms with van der Waals surface area (Å²) in [6.45, 7) is 2.00. The van der Waals surface area contributed by atoms with Crippen molar-refractivity contribution in [3.63, 3.8) is 0 Å². The van der Waals surface area contributed by atoms with Crippen LogP contribution >= 0.6 is 0 Å². The number of nitrogens with two attached hydrogens (primary N) is 1. The minimum Gasteiger partial charge on any atom is -0.324 e. The van der Waals surface area contributed by atoms with Gasteiger partial charge in [-0.15, -0.1) is 0 Å². The average Bonchev–Trinajstić information content (AvgIpc) is 2.73. The lowest BCUT2D eigenvalue weighted by molar-refractivity contribution is 0.643. The molecule has 0 aromatic carbocycles. The highest BCUT2D eigenvalue weighted by Gasteiger charge is 2.09. The summed E-state index contributed by atoms with van der Waals surface area (Å²) >= 11 is 0. The number of aryl methyl sites for hydroxylation is 3. The Kier molecular flexibility index (Phi) is 3.54. The van der Waals surface area contributed by atoms with Gasteiger partial charge in [0, 0.05) is 31.2 Å². The van der Waals surface area contributed by atoms with Gasteiger partial charge in [-0.25, -0.2) is 0 Å². The van der Waals surface area contributed by atoms with E-state index in [4.69, 9.17) is 5.73 Å². The molecule has 2 rings (SSSR count). The van der Waals surface area contributed by atoms with Crippen LogP contribution in [-0.2, 0) is 13.5 Å². The molecule has 4 nitrogen and oxygen atoms in total. The van der Waals surface area contributed by atoms with E-state index in [0.717, 1.165) is 24.1 Å². The van der Waals surface area contributed by atoms with E-state index in [1.165, 1.54) is 5.56 Å². The Morgan fingerprint density at radius 1 is 1.47 bits per heavy atom. The summed E-state index contributed by atoms with van der Waals surface area (Å²) in [5.41, 5.74) is 9.56. The van der Waals surface area contributed by atoms with Gasteiger partial charge in [0.15, 0.2) is 0 Å². The molecule has 90 valence electrons. The number of aromatic nitrogens is 3. The van der Waals surface area contributed by atoms with E-state index in [1.54, 1.807) is 6.20 Å². The standard InChI is InChI=1S/C13H18N4/c1-10-12(4-3-7-15-10)13(14)6-5-11-8-16-17(2)9-11/h3-4,7-9,13H,5-6,14H2,1-2H3. The summed E-state index contributed by atoms with van der Waals surface area (Å²) in [7, 11) is 1.93. The fourth-order valence-electron chi connectivity index (χ4n) is 1.97. The third-order valence-electron chi connectivity index (χ3n) is 2.95. The van der Waals surface area contributed by atoms with Crippen LogP contribution in [0, 0.1) is 6.92 Å². The predicted molar refractivity (Wildman–Crippen MR) is 67.4 cm³/mol. The molecule has 0 fully saturated rings. The van der Waals surface area contributed by atoms with Crippen molar-refractivity contribution < 1.29 is 0 Å². The van der Waals surface area contributed by atoms with Crippen molar-refractivity contribution >= 4 is 0 Å². The van der Waals surface area contributed by atoms with Crippen LogP contribution in [0.25, 0.3) is 0 Å². The molecule has 17 heavy (non-hydrogen) atoms. The van der Waals surface area contributed by atoms with Crippen LogP contribution in [-0.4, -0.2) is 14.8 Å². The Morgan fingerprint density at radius 3 is 2.94 bits per heavy atom. The van der Waals surface area contributed by atoms with Crippen molar-refractivity contribution in [2.75, 3.05) is 0 Å². The van der Waals surface area contributed by atoms with Crippen LogP contribution < -0.4 is 5.73 Å². The zero-order chi connectivity index (χ0) is 12.3. The van der Waals surface area contributed by atoms with Crippen LogP contribution in [0.2, 0.25) is 0 Å². The second-order valence-electron chi connectivity index (χ2n) is 4.35. The van der Waals surface area contributed by atoms with Crippen molar-refractivity contribution in [1.29, 1.82) is 0 Å². The number of rotatable bonds is 4. The third kappa shape index (κ3) is 2.91. The third-order valence-corrected chi connectivity index (χ3v) is 2.95. The van der Waals surface area contributed by atoms with Gasteiger partial charge in [-0.3, -0.25) is 9.67 Å². The molecule has 1 unspecified atom stereocenters. The van der Waals surface area contributed by atoms with Crippen molar-refractivity contribution in [3.8, 4) is 0 Å². The van der Waals surface area contributed by atoms with Crippen LogP contribution in [0.4, 0.5) is 0 Å². The van der Waals surface area contributed by atoms with E-state index in [-0.39, 0.29) is 6.04 Å². The second-order valence-corrected chi connectivity index (χ2v) is 4.35. The fourth-order valence-corrected chi connectivity index (χ4v) is 1.97. The SMILES string of the molecule is Cc1ncccc1C(N)CCc1cnn(C)c1. The maximum absolute atomic E-state index is 6.18. The minimum absolute atomic E-state index is 0.0453. The van der Waals surface area contributed by atoms with Gasteiger partial charge in [0.2, 0.25) is 0 Å². The van der Waals surface area contributed by atoms with E-state index < -0.39 is 0 Å². The zero-order valence-corrected chi connectivity index (χ0v) is 10.3.